The van der Waals surface area contributed by atoms with Crippen LogP contribution in [0.15, 0.2) is 104 Å². The predicted octanol–water partition coefficient (Wildman–Crippen LogP) is 6.00. The zero-order valence-corrected chi connectivity index (χ0v) is 17.7. The van der Waals surface area contributed by atoms with Crippen LogP contribution in [0.2, 0.25) is 0 Å². The summed E-state index contributed by atoms with van der Waals surface area (Å²) in [5.41, 5.74) is 4.63. The van der Waals surface area contributed by atoms with E-state index >= 15 is 0 Å². The van der Waals surface area contributed by atoms with Gasteiger partial charge >= 0.3 is 0 Å². The lowest BCUT2D eigenvalue weighted by atomic mass is 9.86. The van der Waals surface area contributed by atoms with Crippen LogP contribution < -0.4 is 0 Å². The molecule has 0 fully saturated rings. The zero-order valence-electron chi connectivity index (χ0n) is 16.8. The minimum Gasteiger partial charge on any atom is -0.387 e. The number of nitrogens with zero attached hydrogens (tertiary/aromatic N) is 2. The summed E-state index contributed by atoms with van der Waals surface area (Å²) >= 11 is 0. The predicted molar refractivity (Wildman–Crippen MR) is 124 cm³/mol. The summed E-state index contributed by atoms with van der Waals surface area (Å²) in [6.07, 6.45) is 4.59. The van der Waals surface area contributed by atoms with E-state index in [0.29, 0.717) is 13.0 Å². The van der Waals surface area contributed by atoms with Gasteiger partial charge in [-0.25, -0.2) is 4.98 Å². The van der Waals surface area contributed by atoms with Crippen LogP contribution in [0.1, 0.15) is 47.2 Å². The Kier molecular flexibility index (Phi) is 7.83. The van der Waals surface area contributed by atoms with Crippen LogP contribution >= 0.6 is 12.4 Å². The van der Waals surface area contributed by atoms with Gasteiger partial charge in [-0.1, -0.05) is 91.0 Å². The Morgan fingerprint density at radius 3 is 1.83 bits per heavy atom. The molecule has 1 unspecified atom stereocenters. The highest BCUT2D eigenvalue weighted by atomic mass is 35.5. The van der Waals surface area contributed by atoms with E-state index in [4.69, 9.17) is 0 Å². The summed E-state index contributed by atoms with van der Waals surface area (Å²) in [4.78, 5) is 4.29. The van der Waals surface area contributed by atoms with E-state index in [2.05, 4.69) is 65.6 Å². The van der Waals surface area contributed by atoms with Gasteiger partial charge in [0.2, 0.25) is 0 Å². The van der Waals surface area contributed by atoms with Gasteiger partial charge in [-0.05, 0) is 29.5 Å². The number of aliphatic hydroxyl groups is 1. The molecule has 4 heteroatoms. The summed E-state index contributed by atoms with van der Waals surface area (Å²) in [5.74, 6) is 0.262. The van der Waals surface area contributed by atoms with Gasteiger partial charge in [0.15, 0.2) is 0 Å². The van der Waals surface area contributed by atoms with E-state index < -0.39 is 6.10 Å². The van der Waals surface area contributed by atoms with Crippen LogP contribution in [0.25, 0.3) is 0 Å². The molecule has 30 heavy (non-hydrogen) atoms. The third-order valence-corrected chi connectivity index (χ3v) is 5.41. The SMILES string of the molecule is Cl.OC(CCC(c1ccccc1)c1ccccc1)c1cncn1Cc1ccccc1. The molecule has 0 aliphatic rings. The van der Waals surface area contributed by atoms with Gasteiger partial charge < -0.3 is 9.67 Å². The fourth-order valence-corrected chi connectivity index (χ4v) is 3.89. The van der Waals surface area contributed by atoms with Gasteiger partial charge in [-0.3, -0.25) is 0 Å². The fourth-order valence-electron chi connectivity index (χ4n) is 3.89. The number of hydrogen-bond donors (Lipinski definition) is 1. The first-order valence-electron chi connectivity index (χ1n) is 10.1. The topological polar surface area (TPSA) is 38.1 Å². The van der Waals surface area contributed by atoms with Crippen molar-refractivity contribution in [2.24, 2.45) is 0 Å². The quantitative estimate of drug-likeness (QED) is 0.381. The Morgan fingerprint density at radius 1 is 0.733 bits per heavy atom. The molecule has 0 bridgehead atoms. The van der Waals surface area contributed by atoms with Crippen molar-refractivity contribution in [3.63, 3.8) is 0 Å². The van der Waals surface area contributed by atoms with Crippen molar-refractivity contribution in [3.05, 3.63) is 126 Å². The standard InChI is InChI=1S/C26H26N2O.ClH/c29-26(25-18-27-20-28(25)19-21-10-4-1-5-11-21)17-16-24(22-12-6-2-7-13-22)23-14-8-3-9-15-23;/h1-15,18,20,24,26,29H,16-17,19H2;1H. The highest BCUT2D eigenvalue weighted by Gasteiger charge is 2.19. The molecular weight excluding hydrogens is 392 g/mol. The smallest absolute Gasteiger partial charge is 0.0956 e. The second kappa shape index (κ2) is 10.8. The first-order chi connectivity index (χ1) is 14.3. The average Bonchev–Trinajstić information content (AvgIpc) is 3.24. The summed E-state index contributed by atoms with van der Waals surface area (Å²) in [6, 6.07) is 31.4. The molecule has 3 nitrogen and oxygen atoms in total. The number of imidazole rings is 1. The van der Waals surface area contributed by atoms with E-state index in [1.165, 1.54) is 16.7 Å². The van der Waals surface area contributed by atoms with Crippen molar-refractivity contribution < 1.29 is 5.11 Å². The van der Waals surface area contributed by atoms with Gasteiger partial charge in [0.1, 0.15) is 0 Å². The van der Waals surface area contributed by atoms with Crippen LogP contribution in [-0.4, -0.2) is 14.7 Å². The molecule has 1 atom stereocenters. The molecule has 0 saturated heterocycles. The normalized spacial score (nSPS) is 11.8. The molecule has 154 valence electrons. The van der Waals surface area contributed by atoms with Crippen molar-refractivity contribution in [2.45, 2.75) is 31.4 Å². The fraction of sp³-hybridized carbons (Fsp3) is 0.192. The second-order valence-corrected chi connectivity index (χ2v) is 7.40. The van der Waals surface area contributed by atoms with Crippen molar-refractivity contribution in [2.75, 3.05) is 0 Å². The molecule has 0 spiro atoms. The molecule has 0 aliphatic heterocycles. The summed E-state index contributed by atoms with van der Waals surface area (Å²) in [7, 11) is 0. The van der Waals surface area contributed by atoms with Gasteiger partial charge in [0.05, 0.1) is 24.3 Å². The molecule has 0 aliphatic carbocycles. The van der Waals surface area contributed by atoms with Gasteiger partial charge in [-0.2, -0.15) is 0 Å². The highest BCUT2D eigenvalue weighted by molar-refractivity contribution is 5.85. The number of aliphatic hydroxyl groups excluding tert-OH is 1. The van der Waals surface area contributed by atoms with Crippen LogP contribution in [0.4, 0.5) is 0 Å². The first-order valence-corrected chi connectivity index (χ1v) is 10.1. The molecule has 1 N–H and O–H groups in total. The Labute approximate surface area is 184 Å². The third kappa shape index (κ3) is 5.38. The Hall–Kier alpha value is -2.88. The van der Waals surface area contributed by atoms with E-state index in [0.717, 1.165) is 12.1 Å². The van der Waals surface area contributed by atoms with Crippen LogP contribution in [0.5, 0.6) is 0 Å². The Bertz CT molecular complexity index is 963. The number of benzene rings is 3. The maximum Gasteiger partial charge on any atom is 0.0956 e. The summed E-state index contributed by atoms with van der Waals surface area (Å²) < 4.78 is 2.04. The monoisotopic (exact) mass is 418 g/mol. The van der Waals surface area contributed by atoms with Crippen molar-refractivity contribution in [1.82, 2.24) is 9.55 Å². The van der Waals surface area contributed by atoms with Crippen LogP contribution in [-0.2, 0) is 6.54 Å². The molecule has 4 aromatic rings. The molecular formula is C26H27ClN2O. The van der Waals surface area contributed by atoms with E-state index in [9.17, 15) is 5.11 Å². The van der Waals surface area contributed by atoms with Gasteiger partial charge in [0.25, 0.3) is 0 Å². The van der Waals surface area contributed by atoms with Crippen LogP contribution in [0, 0.1) is 0 Å². The van der Waals surface area contributed by atoms with Crippen molar-refractivity contribution in [3.8, 4) is 0 Å². The maximum absolute atomic E-state index is 11.0. The maximum atomic E-state index is 11.0. The minimum absolute atomic E-state index is 0. The highest BCUT2D eigenvalue weighted by Crippen LogP contribution is 2.32. The summed E-state index contributed by atoms with van der Waals surface area (Å²) in [5, 5.41) is 11.0. The molecule has 1 aromatic heterocycles. The molecule has 0 radical (unpaired) electrons. The molecule has 0 saturated carbocycles. The Balaban J connectivity index is 0.00000256. The zero-order chi connectivity index (χ0) is 19.9. The third-order valence-electron chi connectivity index (χ3n) is 5.41. The number of aromatic nitrogens is 2. The van der Waals surface area contributed by atoms with Crippen molar-refractivity contribution >= 4 is 12.4 Å². The lowest BCUT2D eigenvalue weighted by Gasteiger charge is -2.20. The minimum atomic E-state index is -0.545. The van der Waals surface area contributed by atoms with E-state index in [1.54, 1.807) is 12.5 Å². The average molecular weight is 419 g/mol. The van der Waals surface area contributed by atoms with Crippen LogP contribution in [0.3, 0.4) is 0 Å². The second-order valence-electron chi connectivity index (χ2n) is 7.40. The Morgan fingerprint density at radius 2 is 1.27 bits per heavy atom. The van der Waals surface area contributed by atoms with E-state index in [1.807, 2.05) is 34.9 Å². The molecule has 3 aromatic carbocycles. The van der Waals surface area contributed by atoms with Gasteiger partial charge in [0, 0.05) is 12.5 Å². The lowest BCUT2D eigenvalue weighted by Crippen LogP contribution is -2.10. The molecule has 4 rings (SSSR count). The summed E-state index contributed by atoms with van der Waals surface area (Å²) in [6.45, 7) is 0.716. The lowest BCUT2D eigenvalue weighted by molar-refractivity contribution is 0.154. The number of halogens is 1. The number of hydrogen-bond acceptors (Lipinski definition) is 2. The van der Waals surface area contributed by atoms with Crippen molar-refractivity contribution in [1.29, 1.82) is 0 Å². The van der Waals surface area contributed by atoms with E-state index in [-0.39, 0.29) is 18.3 Å². The molecule has 1 heterocycles. The first kappa shape index (κ1) is 21.8. The molecule has 0 amide bonds. The largest absolute Gasteiger partial charge is 0.387 e. The number of rotatable bonds is 8. The van der Waals surface area contributed by atoms with Gasteiger partial charge in [-0.15, -0.1) is 12.4 Å².